The summed E-state index contributed by atoms with van der Waals surface area (Å²) in [7, 11) is 1.70. The SMILES string of the molecule is COCCCNc1ncnc2cc(N)ccc12. The zero-order valence-corrected chi connectivity index (χ0v) is 9.81. The van der Waals surface area contributed by atoms with Crippen molar-refractivity contribution in [2.45, 2.75) is 6.42 Å². The molecule has 1 aromatic carbocycles. The molecule has 0 fully saturated rings. The van der Waals surface area contributed by atoms with Crippen molar-refractivity contribution >= 4 is 22.4 Å². The number of benzene rings is 1. The van der Waals surface area contributed by atoms with Crippen LogP contribution in [0.15, 0.2) is 24.5 Å². The molecule has 3 N–H and O–H groups in total. The van der Waals surface area contributed by atoms with Gasteiger partial charge in [-0.3, -0.25) is 0 Å². The Labute approximate surface area is 100 Å². The second-order valence-electron chi connectivity index (χ2n) is 3.77. The van der Waals surface area contributed by atoms with Crippen molar-refractivity contribution in [3.8, 4) is 0 Å². The van der Waals surface area contributed by atoms with Gasteiger partial charge in [0.2, 0.25) is 0 Å². The van der Waals surface area contributed by atoms with Crippen molar-refractivity contribution in [3.63, 3.8) is 0 Å². The molecule has 0 saturated carbocycles. The highest BCUT2D eigenvalue weighted by Gasteiger charge is 2.02. The van der Waals surface area contributed by atoms with Gasteiger partial charge in [0.1, 0.15) is 12.1 Å². The number of methoxy groups -OCH3 is 1. The molecule has 0 amide bonds. The molecule has 0 atom stereocenters. The van der Waals surface area contributed by atoms with Crippen LogP contribution in [0.4, 0.5) is 11.5 Å². The quantitative estimate of drug-likeness (QED) is 0.606. The normalized spacial score (nSPS) is 10.6. The number of rotatable bonds is 5. The molecule has 90 valence electrons. The molecule has 2 rings (SSSR count). The maximum atomic E-state index is 5.72. The third-order valence-electron chi connectivity index (χ3n) is 2.48. The molecule has 0 spiro atoms. The van der Waals surface area contributed by atoms with Gasteiger partial charge >= 0.3 is 0 Å². The number of hydrogen-bond donors (Lipinski definition) is 2. The molecule has 2 aromatic rings. The van der Waals surface area contributed by atoms with E-state index in [4.69, 9.17) is 10.5 Å². The zero-order chi connectivity index (χ0) is 12.1. The molecular formula is C12H16N4O. The van der Waals surface area contributed by atoms with Crippen molar-refractivity contribution < 1.29 is 4.74 Å². The van der Waals surface area contributed by atoms with Crippen LogP contribution in [0, 0.1) is 0 Å². The maximum Gasteiger partial charge on any atom is 0.137 e. The van der Waals surface area contributed by atoms with Crippen LogP contribution in [0.3, 0.4) is 0 Å². The fourth-order valence-corrected chi connectivity index (χ4v) is 1.64. The molecule has 17 heavy (non-hydrogen) atoms. The van der Waals surface area contributed by atoms with E-state index in [1.807, 2.05) is 18.2 Å². The standard InChI is InChI=1S/C12H16N4O/c1-17-6-2-5-14-12-10-4-3-9(13)7-11(10)15-8-16-12/h3-4,7-8H,2,5-6,13H2,1H3,(H,14,15,16). The lowest BCUT2D eigenvalue weighted by Crippen LogP contribution is -2.06. The third kappa shape index (κ3) is 2.82. The highest BCUT2D eigenvalue weighted by molar-refractivity contribution is 5.90. The Balaban J connectivity index is 2.16. The predicted octanol–water partition coefficient (Wildman–Crippen LogP) is 1.66. The Kier molecular flexibility index (Phi) is 3.72. The molecule has 5 nitrogen and oxygen atoms in total. The van der Waals surface area contributed by atoms with Gasteiger partial charge in [0.05, 0.1) is 5.52 Å². The zero-order valence-electron chi connectivity index (χ0n) is 9.81. The number of fused-ring (bicyclic) bond motifs is 1. The molecule has 0 aliphatic carbocycles. The van der Waals surface area contributed by atoms with Crippen molar-refractivity contribution in [2.24, 2.45) is 0 Å². The number of nitrogens with two attached hydrogens (primary N) is 1. The summed E-state index contributed by atoms with van der Waals surface area (Å²) < 4.78 is 4.99. The molecule has 0 unspecified atom stereocenters. The summed E-state index contributed by atoms with van der Waals surface area (Å²) in [4.78, 5) is 8.42. The first-order valence-corrected chi connectivity index (χ1v) is 5.54. The monoisotopic (exact) mass is 232 g/mol. The van der Waals surface area contributed by atoms with Crippen LogP contribution >= 0.6 is 0 Å². The highest BCUT2D eigenvalue weighted by Crippen LogP contribution is 2.20. The van der Waals surface area contributed by atoms with Gasteiger partial charge in [0.25, 0.3) is 0 Å². The van der Waals surface area contributed by atoms with E-state index in [2.05, 4.69) is 15.3 Å². The van der Waals surface area contributed by atoms with E-state index in [1.165, 1.54) is 0 Å². The van der Waals surface area contributed by atoms with Gasteiger partial charge in [-0.25, -0.2) is 9.97 Å². The Morgan fingerprint density at radius 1 is 1.35 bits per heavy atom. The van der Waals surface area contributed by atoms with Crippen LogP contribution in [0.25, 0.3) is 10.9 Å². The van der Waals surface area contributed by atoms with E-state index in [-0.39, 0.29) is 0 Å². The van der Waals surface area contributed by atoms with E-state index in [9.17, 15) is 0 Å². The van der Waals surface area contributed by atoms with Crippen LogP contribution in [-0.2, 0) is 4.74 Å². The summed E-state index contributed by atoms with van der Waals surface area (Å²) in [6, 6.07) is 5.63. The van der Waals surface area contributed by atoms with E-state index >= 15 is 0 Å². The Morgan fingerprint density at radius 2 is 2.24 bits per heavy atom. The maximum absolute atomic E-state index is 5.72. The minimum atomic E-state index is 0.710. The van der Waals surface area contributed by atoms with Crippen LogP contribution in [0.2, 0.25) is 0 Å². The molecule has 1 heterocycles. The summed E-state index contributed by atoms with van der Waals surface area (Å²) in [5.41, 5.74) is 7.28. The van der Waals surface area contributed by atoms with Crippen LogP contribution in [0.1, 0.15) is 6.42 Å². The van der Waals surface area contributed by atoms with Crippen LogP contribution in [-0.4, -0.2) is 30.2 Å². The van der Waals surface area contributed by atoms with E-state index in [1.54, 1.807) is 13.4 Å². The lowest BCUT2D eigenvalue weighted by molar-refractivity contribution is 0.198. The number of nitrogens with zero attached hydrogens (tertiary/aromatic N) is 2. The van der Waals surface area contributed by atoms with Crippen molar-refractivity contribution in [2.75, 3.05) is 31.3 Å². The Bertz CT molecular complexity index is 501. The van der Waals surface area contributed by atoms with Crippen molar-refractivity contribution in [1.29, 1.82) is 0 Å². The predicted molar refractivity (Wildman–Crippen MR) is 68.9 cm³/mol. The molecule has 0 aliphatic rings. The van der Waals surface area contributed by atoms with E-state index < -0.39 is 0 Å². The smallest absolute Gasteiger partial charge is 0.137 e. The topological polar surface area (TPSA) is 73.1 Å². The number of nitrogens with one attached hydrogen (secondary N) is 1. The van der Waals surface area contributed by atoms with Gasteiger partial charge in [-0.1, -0.05) is 0 Å². The Morgan fingerprint density at radius 3 is 3.06 bits per heavy atom. The number of ether oxygens (including phenoxy) is 1. The van der Waals surface area contributed by atoms with Crippen LogP contribution in [0.5, 0.6) is 0 Å². The summed E-state index contributed by atoms with van der Waals surface area (Å²) >= 11 is 0. The number of aromatic nitrogens is 2. The minimum Gasteiger partial charge on any atom is -0.399 e. The van der Waals surface area contributed by atoms with Gasteiger partial charge < -0.3 is 15.8 Å². The van der Waals surface area contributed by atoms with Crippen molar-refractivity contribution in [1.82, 2.24) is 9.97 Å². The van der Waals surface area contributed by atoms with Gasteiger partial charge in [0, 0.05) is 31.3 Å². The van der Waals surface area contributed by atoms with Gasteiger partial charge in [-0.05, 0) is 24.6 Å². The van der Waals surface area contributed by atoms with Gasteiger partial charge in [-0.15, -0.1) is 0 Å². The summed E-state index contributed by atoms with van der Waals surface area (Å²) in [6.45, 7) is 1.56. The summed E-state index contributed by atoms with van der Waals surface area (Å²) in [5, 5.41) is 4.26. The largest absolute Gasteiger partial charge is 0.399 e. The highest BCUT2D eigenvalue weighted by atomic mass is 16.5. The minimum absolute atomic E-state index is 0.710. The van der Waals surface area contributed by atoms with Crippen molar-refractivity contribution in [3.05, 3.63) is 24.5 Å². The lowest BCUT2D eigenvalue weighted by atomic mass is 10.2. The second-order valence-corrected chi connectivity index (χ2v) is 3.77. The number of anilines is 2. The number of hydrogen-bond acceptors (Lipinski definition) is 5. The molecule has 0 aliphatic heterocycles. The first-order chi connectivity index (χ1) is 8.31. The van der Waals surface area contributed by atoms with Gasteiger partial charge in [0.15, 0.2) is 0 Å². The first-order valence-electron chi connectivity index (χ1n) is 5.54. The average Bonchev–Trinajstić information content (AvgIpc) is 2.34. The summed E-state index contributed by atoms with van der Waals surface area (Å²) in [6.07, 6.45) is 2.48. The third-order valence-corrected chi connectivity index (χ3v) is 2.48. The molecular weight excluding hydrogens is 216 g/mol. The lowest BCUT2D eigenvalue weighted by Gasteiger charge is -2.08. The van der Waals surface area contributed by atoms with E-state index in [0.717, 1.165) is 36.3 Å². The van der Waals surface area contributed by atoms with E-state index in [0.29, 0.717) is 5.69 Å². The first kappa shape index (κ1) is 11.6. The average molecular weight is 232 g/mol. The summed E-state index contributed by atoms with van der Waals surface area (Å²) in [5.74, 6) is 0.839. The molecule has 1 aromatic heterocycles. The fourth-order valence-electron chi connectivity index (χ4n) is 1.64. The fraction of sp³-hybridized carbons (Fsp3) is 0.333. The number of nitrogen functional groups attached to an aromatic ring is 1. The molecule has 0 radical (unpaired) electrons. The second kappa shape index (κ2) is 5.45. The molecule has 0 saturated heterocycles. The molecule has 5 heteroatoms. The van der Waals surface area contributed by atoms with Crippen LogP contribution < -0.4 is 11.1 Å². The Hall–Kier alpha value is -1.88. The van der Waals surface area contributed by atoms with Gasteiger partial charge in [-0.2, -0.15) is 0 Å². The molecule has 0 bridgehead atoms.